The second-order valence-electron chi connectivity index (χ2n) is 8.16. The Hall–Kier alpha value is -4.23. The summed E-state index contributed by atoms with van der Waals surface area (Å²) in [5, 5.41) is 4.41. The molecule has 4 aromatic rings. The first-order valence-corrected chi connectivity index (χ1v) is 11.5. The highest BCUT2D eigenvalue weighted by molar-refractivity contribution is 7.80. The molecule has 7 heteroatoms. The van der Waals surface area contributed by atoms with Gasteiger partial charge in [0.2, 0.25) is 0 Å². The van der Waals surface area contributed by atoms with E-state index in [0.29, 0.717) is 22.3 Å². The Bertz CT molecular complexity index is 1480. The lowest BCUT2D eigenvalue weighted by atomic mass is 10.1. The fourth-order valence-corrected chi connectivity index (χ4v) is 4.35. The maximum Gasteiger partial charge on any atom is 0.281 e. The van der Waals surface area contributed by atoms with Gasteiger partial charge in [-0.15, -0.1) is 0 Å². The molecule has 0 bridgehead atoms. The average molecular weight is 482 g/mol. The van der Waals surface area contributed by atoms with Crippen molar-refractivity contribution >= 4 is 45.9 Å². The third-order valence-electron chi connectivity index (χ3n) is 5.73. The standard InChI is InChI=1S/C28H23N3O3S/c1-18-6-3-9-22(14-18)31-27(32)23(30-28(31)35)16-19-11-12-24(33-2)21(15-19)17-34-25-10-4-7-20-8-5-13-29-26(20)25/h3-16H,17H2,1-2H3,(H,30,35)/b23-16+. The molecule has 0 spiro atoms. The zero-order valence-electron chi connectivity index (χ0n) is 19.3. The van der Waals surface area contributed by atoms with E-state index in [2.05, 4.69) is 10.3 Å². The van der Waals surface area contributed by atoms with Gasteiger partial charge in [0, 0.05) is 17.1 Å². The number of rotatable bonds is 6. The van der Waals surface area contributed by atoms with Crippen LogP contribution in [0.4, 0.5) is 5.69 Å². The van der Waals surface area contributed by atoms with Gasteiger partial charge in [-0.2, -0.15) is 0 Å². The van der Waals surface area contributed by atoms with Gasteiger partial charge in [-0.05, 0) is 72.7 Å². The maximum atomic E-state index is 13.1. The minimum absolute atomic E-state index is 0.198. The van der Waals surface area contributed by atoms with Crippen LogP contribution >= 0.6 is 12.2 Å². The van der Waals surface area contributed by atoms with Crippen LogP contribution < -0.4 is 19.7 Å². The van der Waals surface area contributed by atoms with Gasteiger partial charge >= 0.3 is 0 Å². The van der Waals surface area contributed by atoms with Crippen molar-refractivity contribution in [1.29, 1.82) is 0 Å². The largest absolute Gasteiger partial charge is 0.496 e. The number of para-hydroxylation sites is 1. The van der Waals surface area contributed by atoms with Crippen molar-refractivity contribution in [1.82, 2.24) is 10.3 Å². The van der Waals surface area contributed by atoms with Gasteiger partial charge in [0.25, 0.3) is 5.91 Å². The predicted molar refractivity (Wildman–Crippen MR) is 141 cm³/mol. The topological polar surface area (TPSA) is 63.7 Å². The van der Waals surface area contributed by atoms with Gasteiger partial charge in [0.1, 0.15) is 29.3 Å². The van der Waals surface area contributed by atoms with Crippen molar-refractivity contribution in [3.63, 3.8) is 0 Å². The minimum atomic E-state index is -0.198. The molecule has 1 aliphatic heterocycles. The van der Waals surface area contributed by atoms with E-state index < -0.39 is 0 Å². The van der Waals surface area contributed by atoms with E-state index in [1.54, 1.807) is 19.4 Å². The quantitative estimate of drug-likeness (QED) is 0.294. The maximum absolute atomic E-state index is 13.1. The second kappa shape index (κ2) is 9.56. The van der Waals surface area contributed by atoms with Crippen molar-refractivity contribution in [2.45, 2.75) is 13.5 Å². The van der Waals surface area contributed by atoms with Gasteiger partial charge in [-0.1, -0.05) is 36.4 Å². The molecule has 1 amide bonds. The normalized spacial score (nSPS) is 14.5. The molecular formula is C28H23N3O3S. The van der Waals surface area contributed by atoms with Crippen LogP contribution in [0.15, 0.2) is 84.7 Å². The van der Waals surface area contributed by atoms with Crippen molar-refractivity contribution < 1.29 is 14.3 Å². The first-order chi connectivity index (χ1) is 17.0. The number of pyridine rings is 1. The summed E-state index contributed by atoms with van der Waals surface area (Å²) in [6.07, 6.45) is 3.53. The first kappa shape index (κ1) is 22.6. The van der Waals surface area contributed by atoms with Crippen LogP contribution in [0.2, 0.25) is 0 Å². The monoisotopic (exact) mass is 481 g/mol. The highest BCUT2D eigenvalue weighted by Gasteiger charge is 2.32. The molecule has 0 atom stereocenters. The Morgan fingerprint density at radius 3 is 2.69 bits per heavy atom. The molecule has 0 saturated carbocycles. The molecule has 1 saturated heterocycles. The molecule has 1 aliphatic rings. The first-order valence-electron chi connectivity index (χ1n) is 11.1. The molecule has 0 aliphatic carbocycles. The van der Waals surface area contributed by atoms with E-state index in [9.17, 15) is 4.79 Å². The summed E-state index contributed by atoms with van der Waals surface area (Å²) in [5.41, 5.74) is 4.67. The van der Waals surface area contributed by atoms with Gasteiger partial charge in [-0.3, -0.25) is 14.7 Å². The molecular weight excluding hydrogens is 458 g/mol. The Morgan fingerprint density at radius 2 is 1.86 bits per heavy atom. The molecule has 1 N–H and O–H groups in total. The van der Waals surface area contributed by atoms with Crippen molar-refractivity contribution in [3.8, 4) is 11.5 Å². The zero-order valence-corrected chi connectivity index (χ0v) is 20.1. The Balaban J connectivity index is 1.40. The number of thiocarbonyl (C=S) groups is 1. The summed E-state index contributed by atoms with van der Waals surface area (Å²) >= 11 is 5.44. The van der Waals surface area contributed by atoms with Gasteiger partial charge in [0.05, 0.1) is 12.8 Å². The summed E-state index contributed by atoms with van der Waals surface area (Å²) in [6, 6.07) is 23.1. The molecule has 0 radical (unpaired) electrons. The SMILES string of the molecule is COc1ccc(/C=C2/NC(=S)N(c3cccc(C)c3)C2=O)cc1COc1cccc2cccnc12. The van der Waals surface area contributed by atoms with E-state index >= 15 is 0 Å². The number of anilines is 1. The Labute approximate surface area is 208 Å². The smallest absolute Gasteiger partial charge is 0.281 e. The lowest BCUT2D eigenvalue weighted by molar-refractivity contribution is -0.113. The molecule has 6 nitrogen and oxygen atoms in total. The summed E-state index contributed by atoms with van der Waals surface area (Å²) in [7, 11) is 1.62. The van der Waals surface area contributed by atoms with Crippen LogP contribution in [0.25, 0.3) is 17.0 Å². The van der Waals surface area contributed by atoms with E-state index in [0.717, 1.165) is 33.3 Å². The number of methoxy groups -OCH3 is 1. The molecule has 1 fully saturated rings. The number of aromatic nitrogens is 1. The van der Waals surface area contributed by atoms with E-state index in [1.807, 2.05) is 79.7 Å². The van der Waals surface area contributed by atoms with Gasteiger partial charge < -0.3 is 14.8 Å². The van der Waals surface area contributed by atoms with Gasteiger partial charge in [-0.25, -0.2) is 0 Å². The number of amides is 1. The van der Waals surface area contributed by atoms with Crippen LogP contribution in [-0.2, 0) is 11.4 Å². The van der Waals surface area contributed by atoms with Crippen LogP contribution in [0.1, 0.15) is 16.7 Å². The molecule has 5 rings (SSSR count). The van der Waals surface area contributed by atoms with Gasteiger partial charge in [0.15, 0.2) is 5.11 Å². The summed E-state index contributed by atoms with van der Waals surface area (Å²) in [6.45, 7) is 2.26. The number of hydrogen-bond acceptors (Lipinski definition) is 5. The number of carbonyl (C=O) groups is 1. The van der Waals surface area contributed by atoms with Crippen LogP contribution in [0.5, 0.6) is 11.5 Å². The molecule has 35 heavy (non-hydrogen) atoms. The molecule has 0 unspecified atom stereocenters. The fourth-order valence-electron chi connectivity index (χ4n) is 4.05. The summed E-state index contributed by atoms with van der Waals surface area (Å²) < 4.78 is 11.7. The van der Waals surface area contributed by atoms with Crippen molar-refractivity contribution in [3.05, 3.63) is 101 Å². The third-order valence-corrected chi connectivity index (χ3v) is 6.02. The molecule has 1 aromatic heterocycles. The molecule has 3 aromatic carbocycles. The van der Waals surface area contributed by atoms with E-state index in [-0.39, 0.29) is 12.5 Å². The van der Waals surface area contributed by atoms with Crippen molar-refractivity contribution in [2.24, 2.45) is 0 Å². The number of carbonyl (C=O) groups excluding carboxylic acids is 1. The second-order valence-corrected chi connectivity index (χ2v) is 8.55. The number of benzene rings is 3. The predicted octanol–water partition coefficient (Wildman–Crippen LogP) is 5.39. The number of hydrogen-bond donors (Lipinski definition) is 1. The molecule has 2 heterocycles. The molecule has 174 valence electrons. The van der Waals surface area contributed by atoms with Crippen LogP contribution in [0, 0.1) is 6.92 Å². The Kier molecular flexibility index (Phi) is 6.16. The van der Waals surface area contributed by atoms with Crippen LogP contribution in [0.3, 0.4) is 0 Å². The van der Waals surface area contributed by atoms with Crippen molar-refractivity contribution in [2.75, 3.05) is 12.0 Å². The zero-order chi connectivity index (χ0) is 24.4. The number of aryl methyl sites for hydroxylation is 1. The number of fused-ring (bicyclic) bond motifs is 1. The number of nitrogens with zero attached hydrogens (tertiary/aromatic N) is 2. The highest BCUT2D eigenvalue weighted by Crippen LogP contribution is 2.28. The highest BCUT2D eigenvalue weighted by atomic mass is 32.1. The summed E-state index contributed by atoms with van der Waals surface area (Å²) in [4.78, 5) is 19.1. The average Bonchev–Trinajstić information content (AvgIpc) is 3.15. The minimum Gasteiger partial charge on any atom is -0.496 e. The fraction of sp³-hybridized carbons (Fsp3) is 0.107. The summed E-state index contributed by atoms with van der Waals surface area (Å²) in [5.74, 6) is 1.19. The van der Waals surface area contributed by atoms with E-state index in [4.69, 9.17) is 21.7 Å². The Morgan fingerprint density at radius 1 is 1.03 bits per heavy atom. The third kappa shape index (κ3) is 4.58. The lowest BCUT2D eigenvalue weighted by Crippen LogP contribution is -2.30. The van der Waals surface area contributed by atoms with E-state index in [1.165, 1.54) is 4.90 Å². The number of nitrogens with one attached hydrogen (secondary N) is 1. The lowest BCUT2D eigenvalue weighted by Gasteiger charge is -2.14. The number of ether oxygens (including phenoxy) is 2. The van der Waals surface area contributed by atoms with Crippen LogP contribution in [-0.4, -0.2) is 23.1 Å².